The van der Waals surface area contributed by atoms with Crippen molar-refractivity contribution >= 4 is 40.0 Å². The lowest BCUT2D eigenvalue weighted by Gasteiger charge is -2.40. The van der Waals surface area contributed by atoms with Crippen molar-refractivity contribution in [2.75, 3.05) is 44.2 Å². The third-order valence-corrected chi connectivity index (χ3v) is 6.85. The molecule has 1 aromatic carbocycles. The molecule has 1 unspecified atom stereocenters. The van der Waals surface area contributed by atoms with E-state index in [2.05, 4.69) is 9.88 Å². The molecule has 0 saturated carbocycles. The van der Waals surface area contributed by atoms with Gasteiger partial charge in [0.15, 0.2) is 0 Å². The summed E-state index contributed by atoms with van der Waals surface area (Å²) in [6.07, 6.45) is 3.28. The number of carbonyl (C=O) groups is 2. The molecule has 0 aliphatic carbocycles. The number of piperidine rings is 1. The van der Waals surface area contributed by atoms with Gasteiger partial charge in [0.05, 0.1) is 16.2 Å². The molecule has 1 atom stereocenters. The first-order valence-electron chi connectivity index (χ1n) is 11.0. The van der Waals surface area contributed by atoms with E-state index in [-0.39, 0.29) is 23.8 Å². The number of anilines is 1. The fourth-order valence-corrected chi connectivity index (χ4v) is 5.01. The molecule has 0 radical (unpaired) electrons. The Labute approximate surface area is 188 Å². The largest absolute Gasteiger partial charge is 0.366 e. The summed E-state index contributed by atoms with van der Waals surface area (Å²) in [5, 5.41) is 1.57. The molecule has 166 valence electrons. The monoisotopic (exact) mass is 443 g/mol. The molecule has 8 heteroatoms. The SMILES string of the molecule is CC(=O)N1CCC(C(=O)N2CCN(c3c(C(C)N)cc(Cl)c4cccnc34)CC2)CC1. The second kappa shape index (κ2) is 9.01. The van der Waals surface area contributed by atoms with Gasteiger partial charge in [0.25, 0.3) is 0 Å². The van der Waals surface area contributed by atoms with Crippen LogP contribution in [0.15, 0.2) is 24.4 Å². The first-order chi connectivity index (χ1) is 14.9. The predicted molar refractivity (Wildman–Crippen MR) is 123 cm³/mol. The Morgan fingerprint density at radius 1 is 1.13 bits per heavy atom. The molecule has 3 heterocycles. The summed E-state index contributed by atoms with van der Waals surface area (Å²) in [6.45, 7) is 7.68. The molecule has 2 aromatic rings. The van der Waals surface area contributed by atoms with Crippen molar-refractivity contribution in [3.8, 4) is 0 Å². The van der Waals surface area contributed by atoms with E-state index >= 15 is 0 Å². The Hall–Kier alpha value is -2.38. The molecular weight excluding hydrogens is 414 g/mol. The number of pyridine rings is 1. The molecule has 2 saturated heterocycles. The highest BCUT2D eigenvalue weighted by Gasteiger charge is 2.32. The molecule has 4 rings (SSSR count). The number of halogens is 1. The molecule has 2 aliphatic rings. The molecule has 2 amide bonds. The fourth-order valence-electron chi connectivity index (χ4n) is 4.74. The fraction of sp³-hybridized carbons (Fsp3) is 0.522. The van der Waals surface area contributed by atoms with Gasteiger partial charge in [0.1, 0.15) is 0 Å². The van der Waals surface area contributed by atoms with Gasteiger partial charge in [-0.2, -0.15) is 0 Å². The van der Waals surface area contributed by atoms with E-state index in [1.165, 1.54) is 0 Å². The quantitative estimate of drug-likeness (QED) is 0.788. The van der Waals surface area contributed by atoms with Crippen LogP contribution in [0.1, 0.15) is 38.3 Å². The van der Waals surface area contributed by atoms with E-state index < -0.39 is 0 Å². The molecule has 31 heavy (non-hydrogen) atoms. The Kier molecular flexibility index (Phi) is 6.34. The number of benzene rings is 1. The summed E-state index contributed by atoms with van der Waals surface area (Å²) in [7, 11) is 0. The van der Waals surface area contributed by atoms with Crippen LogP contribution in [0.2, 0.25) is 5.02 Å². The third kappa shape index (κ3) is 4.34. The van der Waals surface area contributed by atoms with E-state index in [0.29, 0.717) is 31.2 Å². The highest BCUT2D eigenvalue weighted by molar-refractivity contribution is 6.36. The van der Waals surface area contributed by atoms with Crippen LogP contribution in [0.3, 0.4) is 0 Å². The summed E-state index contributed by atoms with van der Waals surface area (Å²) < 4.78 is 0. The number of amides is 2. The molecule has 7 nitrogen and oxygen atoms in total. The Bertz CT molecular complexity index is 979. The van der Waals surface area contributed by atoms with E-state index in [1.54, 1.807) is 13.1 Å². The normalized spacial score (nSPS) is 19.0. The van der Waals surface area contributed by atoms with Crippen molar-refractivity contribution in [3.63, 3.8) is 0 Å². The van der Waals surface area contributed by atoms with Crippen molar-refractivity contribution < 1.29 is 9.59 Å². The van der Waals surface area contributed by atoms with Gasteiger partial charge < -0.3 is 20.4 Å². The lowest BCUT2D eigenvalue weighted by atomic mass is 9.95. The van der Waals surface area contributed by atoms with Crippen LogP contribution >= 0.6 is 11.6 Å². The number of nitrogens with two attached hydrogens (primary N) is 1. The number of piperazine rings is 1. The minimum atomic E-state index is -0.176. The van der Waals surface area contributed by atoms with Gasteiger partial charge in [-0.3, -0.25) is 14.6 Å². The standard InChI is InChI=1S/C23H30ClN5O2/c1-15(25)19-14-20(24)18-4-3-7-26-21(18)22(19)28-10-12-29(13-11-28)23(31)17-5-8-27(9-6-17)16(2)30/h3-4,7,14-15,17H,5-6,8-13,25H2,1-2H3. The predicted octanol–water partition coefficient (Wildman–Crippen LogP) is 2.82. The topological polar surface area (TPSA) is 82.8 Å². The second-order valence-electron chi connectivity index (χ2n) is 8.58. The van der Waals surface area contributed by atoms with Crippen LogP contribution in [0.25, 0.3) is 10.9 Å². The number of fused-ring (bicyclic) bond motifs is 1. The smallest absolute Gasteiger partial charge is 0.225 e. The van der Waals surface area contributed by atoms with Crippen molar-refractivity contribution in [2.24, 2.45) is 11.7 Å². The van der Waals surface area contributed by atoms with Crippen molar-refractivity contribution in [1.29, 1.82) is 0 Å². The first-order valence-corrected chi connectivity index (χ1v) is 11.4. The molecule has 0 bridgehead atoms. The summed E-state index contributed by atoms with van der Waals surface area (Å²) >= 11 is 6.51. The Morgan fingerprint density at radius 3 is 2.42 bits per heavy atom. The van der Waals surface area contributed by atoms with Crippen LogP contribution in [0, 0.1) is 5.92 Å². The van der Waals surface area contributed by atoms with E-state index in [1.807, 2.05) is 34.9 Å². The van der Waals surface area contributed by atoms with Crippen molar-refractivity contribution in [2.45, 2.75) is 32.7 Å². The van der Waals surface area contributed by atoms with E-state index in [9.17, 15) is 9.59 Å². The summed E-state index contributed by atoms with van der Waals surface area (Å²) in [4.78, 5) is 35.3. The summed E-state index contributed by atoms with van der Waals surface area (Å²) in [6, 6.07) is 5.64. The van der Waals surface area contributed by atoms with Crippen molar-refractivity contribution in [3.05, 3.63) is 35.0 Å². The minimum Gasteiger partial charge on any atom is -0.366 e. The van der Waals surface area contributed by atoms with Crippen molar-refractivity contribution in [1.82, 2.24) is 14.8 Å². The first kappa shape index (κ1) is 21.8. The lowest BCUT2D eigenvalue weighted by Crippen LogP contribution is -2.52. The number of nitrogens with zero attached hydrogens (tertiary/aromatic N) is 4. The van der Waals surface area contributed by atoms with Gasteiger partial charge in [-0.25, -0.2) is 0 Å². The minimum absolute atomic E-state index is 0.0137. The van der Waals surface area contributed by atoms with Gasteiger partial charge in [-0.1, -0.05) is 11.6 Å². The van der Waals surface area contributed by atoms with Crippen LogP contribution < -0.4 is 10.6 Å². The maximum absolute atomic E-state index is 13.1. The molecule has 1 aromatic heterocycles. The number of hydrogen-bond donors (Lipinski definition) is 1. The Morgan fingerprint density at radius 2 is 1.81 bits per heavy atom. The van der Waals surface area contributed by atoms with Gasteiger partial charge in [-0.15, -0.1) is 0 Å². The van der Waals surface area contributed by atoms with Gasteiger partial charge in [0, 0.05) is 69.7 Å². The molecule has 0 spiro atoms. The number of carbonyl (C=O) groups excluding carboxylic acids is 2. The van der Waals surface area contributed by atoms with Crippen LogP contribution in [0.5, 0.6) is 0 Å². The Balaban J connectivity index is 1.49. The molecule has 2 fully saturated rings. The van der Waals surface area contributed by atoms with E-state index in [4.69, 9.17) is 17.3 Å². The van der Waals surface area contributed by atoms with Crippen LogP contribution in [-0.4, -0.2) is 65.9 Å². The summed E-state index contributed by atoms with van der Waals surface area (Å²) in [5.41, 5.74) is 9.15. The third-order valence-electron chi connectivity index (χ3n) is 6.53. The van der Waals surface area contributed by atoms with Crippen LogP contribution in [-0.2, 0) is 9.59 Å². The van der Waals surface area contributed by atoms with Gasteiger partial charge >= 0.3 is 0 Å². The highest BCUT2D eigenvalue weighted by Crippen LogP contribution is 2.37. The highest BCUT2D eigenvalue weighted by atomic mass is 35.5. The van der Waals surface area contributed by atoms with Crippen LogP contribution in [0.4, 0.5) is 5.69 Å². The van der Waals surface area contributed by atoms with Gasteiger partial charge in [-0.05, 0) is 43.5 Å². The number of hydrogen-bond acceptors (Lipinski definition) is 5. The lowest BCUT2D eigenvalue weighted by molar-refractivity contribution is -0.140. The number of likely N-dealkylation sites (tertiary alicyclic amines) is 1. The molecular formula is C23H30ClN5O2. The average molecular weight is 444 g/mol. The second-order valence-corrected chi connectivity index (χ2v) is 8.98. The zero-order chi connectivity index (χ0) is 22.1. The summed E-state index contributed by atoms with van der Waals surface area (Å²) in [5.74, 6) is 0.322. The number of rotatable bonds is 3. The average Bonchev–Trinajstić information content (AvgIpc) is 2.79. The maximum atomic E-state index is 13.1. The number of aromatic nitrogens is 1. The molecule has 2 aliphatic heterocycles. The zero-order valence-corrected chi connectivity index (χ0v) is 18.9. The molecule has 2 N–H and O–H groups in total. The maximum Gasteiger partial charge on any atom is 0.225 e. The zero-order valence-electron chi connectivity index (χ0n) is 18.2. The van der Waals surface area contributed by atoms with Gasteiger partial charge in [0.2, 0.25) is 11.8 Å². The van der Waals surface area contributed by atoms with E-state index in [0.717, 1.165) is 48.1 Å².